The highest BCUT2D eigenvalue weighted by atomic mass is 16.5. The minimum atomic E-state index is -0.273. The normalized spacial score (nSPS) is 15.8. The van der Waals surface area contributed by atoms with Crippen LogP contribution >= 0.6 is 0 Å². The fraction of sp³-hybridized carbons (Fsp3) is 0.200. The third-order valence-electron chi connectivity index (χ3n) is 3.00. The largest absolute Gasteiger partial charge is 0.483 e. The maximum absolute atomic E-state index is 6.98. The molecule has 3 nitrogen and oxygen atoms in total. The second-order valence-corrected chi connectivity index (χ2v) is 4.86. The van der Waals surface area contributed by atoms with Gasteiger partial charge in [0, 0.05) is 10.9 Å². The first kappa shape index (κ1) is 10.8. The number of aromatic nitrogens is 1. The Balaban J connectivity index is 2.26. The predicted molar refractivity (Wildman–Crippen MR) is 71.7 cm³/mol. The van der Waals surface area contributed by atoms with Crippen LogP contribution in [0.25, 0.3) is 21.8 Å². The van der Waals surface area contributed by atoms with Gasteiger partial charge in [-0.3, -0.25) is 0 Å². The van der Waals surface area contributed by atoms with Crippen LogP contribution in [0.1, 0.15) is 19.4 Å². The van der Waals surface area contributed by atoms with Crippen molar-refractivity contribution in [2.45, 2.75) is 19.4 Å². The number of hydrogen-bond acceptors (Lipinski definition) is 2. The third-order valence-corrected chi connectivity index (χ3v) is 3.00. The lowest BCUT2D eigenvalue weighted by molar-refractivity contribution is 0.159. The Morgan fingerprint density at radius 3 is 2.83 bits per heavy atom. The molecule has 0 amide bonds. The van der Waals surface area contributed by atoms with Crippen LogP contribution in [0.2, 0.25) is 0 Å². The van der Waals surface area contributed by atoms with Crippen LogP contribution in [-0.2, 0) is 0 Å². The number of nitrogens with zero attached hydrogens (tertiary/aromatic N) is 2. The number of hydrogen-bond donors (Lipinski definition) is 0. The molecule has 2 aromatic rings. The first-order valence-electron chi connectivity index (χ1n) is 5.78. The summed E-state index contributed by atoms with van der Waals surface area (Å²) in [5.41, 5.74) is 1.59. The standard InChI is InChI=1S/C15H12N2O/c1-15(2)9-8-11-10-4-7-14(16-3)17-12(10)5-6-13(11)18-15/h4-9H,1-2H3. The highest BCUT2D eigenvalue weighted by Gasteiger charge is 2.23. The van der Waals surface area contributed by atoms with Gasteiger partial charge in [0.2, 0.25) is 0 Å². The number of pyridine rings is 1. The molecule has 1 aliphatic rings. The molecule has 0 saturated heterocycles. The Morgan fingerprint density at radius 2 is 2.06 bits per heavy atom. The summed E-state index contributed by atoms with van der Waals surface area (Å²) < 4.78 is 5.91. The molecule has 18 heavy (non-hydrogen) atoms. The lowest BCUT2D eigenvalue weighted by Gasteiger charge is -2.28. The van der Waals surface area contributed by atoms with Crippen molar-refractivity contribution in [3.8, 4) is 5.75 Å². The zero-order chi connectivity index (χ0) is 12.8. The van der Waals surface area contributed by atoms with Crippen molar-refractivity contribution in [1.29, 1.82) is 0 Å². The fourth-order valence-electron chi connectivity index (χ4n) is 2.12. The van der Waals surface area contributed by atoms with Crippen molar-refractivity contribution in [2.24, 2.45) is 0 Å². The molecule has 0 bridgehead atoms. The van der Waals surface area contributed by atoms with Gasteiger partial charge in [-0.15, -0.1) is 4.98 Å². The third kappa shape index (κ3) is 1.63. The molecule has 0 aliphatic carbocycles. The maximum atomic E-state index is 6.98. The van der Waals surface area contributed by atoms with E-state index in [2.05, 4.69) is 15.9 Å². The van der Waals surface area contributed by atoms with E-state index in [9.17, 15) is 0 Å². The van der Waals surface area contributed by atoms with E-state index >= 15 is 0 Å². The van der Waals surface area contributed by atoms with E-state index in [1.54, 1.807) is 6.07 Å². The number of rotatable bonds is 0. The van der Waals surface area contributed by atoms with E-state index in [0.717, 1.165) is 22.2 Å². The van der Waals surface area contributed by atoms with Crippen molar-refractivity contribution >= 4 is 22.8 Å². The zero-order valence-corrected chi connectivity index (χ0v) is 10.3. The number of fused-ring (bicyclic) bond motifs is 3. The van der Waals surface area contributed by atoms with E-state index in [-0.39, 0.29) is 5.60 Å². The molecule has 0 saturated carbocycles. The molecular formula is C15H12N2O. The van der Waals surface area contributed by atoms with Gasteiger partial charge in [0.1, 0.15) is 11.4 Å². The molecule has 0 fully saturated rings. The van der Waals surface area contributed by atoms with Crippen molar-refractivity contribution in [2.75, 3.05) is 0 Å². The van der Waals surface area contributed by atoms with E-state index in [1.165, 1.54) is 0 Å². The van der Waals surface area contributed by atoms with Gasteiger partial charge in [-0.2, -0.15) is 0 Å². The molecule has 1 aromatic heterocycles. The Morgan fingerprint density at radius 1 is 1.22 bits per heavy atom. The molecule has 1 aliphatic heterocycles. The van der Waals surface area contributed by atoms with Gasteiger partial charge < -0.3 is 9.58 Å². The zero-order valence-electron chi connectivity index (χ0n) is 10.3. The molecule has 88 valence electrons. The summed E-state index contributed by atoms with van der Waals surface area (Å²) >= 11 is 0. The van der Waals surface area contributed by atoms with Gasteiger partial charge in [0.15, 0.2) is 5.52 Å². The van der Waals surface area contributed by atoms with Crippen molar-refractivity contribution in [1.82, 2.24) is 4.98 Å². The fourth-order valence-corrected chi connectivity index (χ4v) is 2.12. The average molecular weight is 236 g/mol. The topological polar surface area (TPSA) is 26.5 Å². The van der Waals surface area contributed by atoms with Gasteiger partial charge in [-0.1, -0.05) is 18.7 Å². The van der Waals surface area contributed by atoms with Gasteiger partial charge in [-0.05, 0) is 38.1 Å². The Bertz CT molecular complexity index is 708. The predicted octanol–water partition coefficient (Wildman–Crippen LogP) is 3.97. The molecule has 1 aromatic carbocycles. The van der Waals surface area contributed by atoms with E-state index in [0.29, 0.717) is 5.82 Å². The molecule has 0 atom stereocenters. The summed E-state index contributed by atoms with van der Waals surface area (Å²) in [5, 5.41) is 1.02. The second kappa shape index (κ2) is 3.58. The first-order valence-corrected chi connectivity index (χ1v) is 5.78. The van der Waals surface area contributed by atoms with Gasteiger partial charge in [-0.25, -0.2) is 0 Å². The molecule has 3 heteroatoms. The Hall–Kier alpha value is -2.34. The number of benzene rings is 1. The molecule has 3 rings (SSSR count). The summed E-state index contributed by atoms with van der Waals surface area (Å²) in [6.45, 7) is 11.0. The van der Waals surface area contributed by atoms with Crippen LogP contribution in [-0.4, -0.2) is 10.6 Å². The Labute approximate surface area is 106 Å². The molecular weight excluding hydrogens is 224 g/mol. The van der Waals surface area contributed by atoms with Gasteiger partial charge in [0.05, 0.1) is 0 Å². The monoisotopic (exact) mass is 236 g/mol. The first-order chi connectivity index (χ1) is 8.59. The highest BCUT2D eigenvalue weighted by Crippen LogP contribution is 2.35. The summed E-state index contributed by atoms with van der Waals surface area (Å²) in [5.74, 6) is 1.29. The summed E-state index contributed by atoms with van der Waals surface area (Å²) in [6, 6.07) is 7.49. The van der Waals surface area contributed by atoms with E-state index in [4.69, 9.17) is 11.3 Å². The minimum absolute atomic E-state index is 0.273. The van der Waals surface area contributed by atoms with E-state index in [1.807, 2.05) is 38.1 Å². The van der Waals surface area contributed by atoms with Crippen LogP contribution in [0.4, 0.5) is 5.82 Å². The van der Waals surface area contributed by atoms with Crippen LogP contribution < -0.4 is 4.74 Å². The smallest absolute Gasteiger partial charge is 0.270 e. The quantitative estimate of drug-likeness (QED) is 0.647. The number of ether oxygens (including phenoxy) is 1. The van der Waals surface area contributed by atoms with Crippen LogP contribution in [0.15, 0.2) is 30.3 Å². The lowest BCUT2D eigenvalue weighted by Crippen LogP contribution is -2.27. The van der Waals surface area contributed by atoms with Crippen LogP contribution in [0.5, 0.6) is 5.75 Å². The van der Waals surface area contributed by atoms with Crippen molar-refractivity contribution in [3.05, 3.63) is 47.3 Å². The van der Waals surface area contributed by atoms with Crippen molar-refractivity contribution < 1.29 is 4.74 Å². The van der Waals surface area contributed by atoms with Crippen LogP contribution in [0, 0.1) is 6.57 Å². The minimum Gasteiger partial charge on any atom is -0.483 e. The SMILES string of the molecule is [C-]#[N+]c1ccc2c3c(ccc2n1)OC(C)(C)C=C3. The summed E-state index contributed by atoms with van der Waals surface area (Å²) in [6.07, 6.45) is 4.11. The van der Waals surface area contributed by atoms with Gasteiger partial charge >= 0.3 is 0 Å². The highest BCUT2D eigenvalue weighted by molar-refractivity contribution is 5.92. The Kier molecular flexibility index (Phi) is 2.14. The molecule has 0 spiro atoms. The van der Waals surface area contributed by atoms with Crippen molar-refractivity contribution in [3.63, 3.8) is 0 Å². The van der Waals surface area contributed by atoms with E-state index < -0.39 is 0 Å². The molecule has 2 heterocycles. The molecule has 0 radical (unpaired) electrons. The second-order valence-electron chi connectivity index (χ2n) is 4.86. The summed E-state index contributed by atoms with van der Waals surface area (Å²) in [7, 11) is 0. The molecule has 0 N–H and O–H groups in total. The van der Waals surface area contributed by atoms with Crippen LogP contribution in [0.3, 0.4) is 0 Å². The maximum Gasteiger partial charge on any atom is 0.270 e. The summed E-state index contributed by atoms with van der Waals surface area (Å²) in [4.78, 5) is 7.64. The van der Waals surface area contributed by atoms with Gasteiger partial charge in [0.25, 0.3) is 5.82 Å². The lowest BCUT2D eigenvalue weighted by atomic mass is 9.99. The average Bonchev–Trinajstić information content (AvgIpc) is 2.36. The molecule has 0 unspecified atom stereocenters.